The van der Waals surface area contributed by atoms with Crippen molar-refractivity contribution in [2.75, 3.05) is 6.61 Å². The van der Waals surface area contributed by atoms with Crippen LogP contribution in [-0.2, 0) is 6.54 Å². The number of nitrogens with zero attached hydrogens (tertiary/aromatic N) is 4. The molecule has 0 saturated heterocycles. The predicted molar refractivity (Wildman–Crippen MR) is 114 cm³/mol. The summed E-state index contributed by atoms with van der Waals surface area (Å²) in [5.41, 5.74) is 5.39. The van der Waals surface area contributed by atoms with Crippen LogP contribution in [0.4, 0.5) is 0 Å². The van der Waals surface area contributed by atoms with E-state index in [0.717, 1.165) is 11.3 Å². The summed E-state index contributed by atoms with van der Waals surface area (Å²) in [4.78, 5) is 12.7. The number of amides is 1. The molecule has 0 aliphatic heterocycles. The van der Waals surface area contributed by atoms with Gasteiger partial charge in [0.1, 0.15) is 5.75 Å². The lowest BCUT2D eigenvalue weighted by Crippen LogP contribution is -2.25. The molecule has 152 valence electrons. The van der Waals surface area contributed by atoms with E-state index in [2.05, 4.69) is 46.6 Å². The fourth-order valence-corrected chi connectivity index (χ4v) is 3.19. The smallest absolute Gasteiger partial charge is 0.255 e. The van der Waals surface area contributed by atoms with Gasteiger partial charge in [0.15, 0.2) is 11.5 Å². The first-order chi connectivity index (χ1) is 14.6. The third-order valence-electron chi connectivity index (χ3n) is 4.97. The van der Waals surface area contributed by atoms with E-state index < -0.39 is 0 Å². The van der Waals surface area contributed by atoms with Crippen LogP contribution in [-0.4, -0.2) is 32.3 Å². The number of hydrogen-bond acceptors (Lipinski definition) is 5. The van der Waals surface area contributed by atoms with Gasteiger partial charge < -0.3 is 10.1 Å². The number of ether oxygens (including phenoxy) is 1. The molecule has 0 radical (unpaired) electrons. The summed E-state index contributed by atoms with van der Waals surface area (Å²) in [5, 5.41) is 15.9. The molecule has 7 nitrogen and oxygen atoms in total. The molecule has 1 amide bonds. The topological polar surface area (TPSA) is 81.4 Å². The van der Waals surface area contributed by atoms with Crippen molar-refractivity contribution in [2.45, 2.75) is 27.3 Å². The Morgan fingerprint density at radius 1 is 1.03 bits per heavy atom. The summed E-state index contributed by atoms with van der Waals surface area (Å²) in [6.07, 6.45) is 0. The lowest BCUT2D eigenvalue weighted by atomic mass is 10.0. The van der Waals surface area contributed by atoms with Crippen LogP contribution in [0.15, 0.2) is 54.6 Å². The van der Waals surface area contributed by atoms with Crippen molar-refractivity contribution in [3.05, 3.63) is 77.1 Å². The summed E-state index contributed by atoms with van der Waals surface area (Å²) in [7, 11) is 0. The number of carbonyl (C=O) groups excluding carboxylic acids is 1. The Hall–Kier alpha value is -3.74. The second-order valence-corrected chi connectivity index (χ2v) is 7.02. The zero-order valence-electron chi connectivity index (χ0n) is 17.2. The van der Waals surface area contributed by atoms with Gasteiger partial charge in [-0.1, -0.05) is 24.3 Å². The Bertz CT molecular complexity index is 1220. The first kappa shape index (κ1) is 19.6. The van der Waals surface area contributed by atoms with Crippen LogP contribution in [0.25, 0.3) is 16.9 Å². The van der Waals surface area contributed by atoms with Gasteiger partial charge in [0.05, 0.1) is 24.4 Å². The summed E-state index contributed by atoms with van der Waals surface area (Å²) in [5.74, 6) is 0.873. The lowest BCUT2D eigenvalue weighted by Gasteiger charge is -2.10. The van der Waals surface area contributed by atoms with Crippen molar-refractivity contribution in [3.8, 4) is 17.0 Å². The van der Waals surface area contributed by atoms with Gasteiger partial charge in [-0.3, -0.25) is 4.79 Å². The Morgan fingerprint density at radius 3 is 2.67 bits per heavy atom. The highest BCUT2D eigenvalue weighted by molar-refractivity contribution is 5.96. The van der Waals surface area contributed by atoms with E-state index >= 15 is 0 Å². The SMILES string of the molecule is CCOc1ccccc1C(=O)NCc1nnc2ccc(-c3ccc(C)c(C)c3)nn12. The Kier molecular flexibility index (Phi) is 5.43. The van der Waals surface area contributed by atoms with Crippen molar-refractivity contribution in [1.29, 1.82) is 0 Å². The summed E-state index contributed by atoms with van der Waals surface area (Å²) in [6.45, 7) is 6.74. The maximum absolute atomic E-state index is 12.7. The van der Waals surface area contributed by atoms with E-state index in [0.29, 0.717) is 29.4 Å². The number of para-hydroxylation sites is 1. The van der Waals surface area contributed by atoms with Gasteiger partial charge in [-0.15, -0.1) is 10.2 Å². The second-order valence-electron chi connectivity index (χ2n) is 7.02. The molecule has 0 aliphatic rings. The fourth-order valence-electron chi connectivity index (χ4n) is 3.19. The zero-order valence-corrected chi connectivity index (χ0v) is 17.2. The van der Waals surface area contributed by atoms with Crippen LogP contribution in [0, 0.1) is 13.8 Å². The van der Waals surface area contributed by atoms with E-state index in [1.165, 1.54) is 11.1 Å². The highest BCUT2D eigenvalue weighted by Gasteiger charge is 2.14. The van der Waals surface area contributed by atoms with Crippen molar-refractivity contribution >= 4 is 11.6 Å². The molecule has 1 N–H and O–H groups in total. The molecule has 30 heavy (non-hydrogen) atoms. The van der Waals surface area contributed by atoms with Gasteiger partial charge in [-0.2, -0.15) is 9.61 Å². The molecule has 0 atom stereocenters. The normalized spacial score (nSPS) is 10.9. The first-order valence-corrected chi connectivity index (χ1v) is 9.86. The molecule has 0 spiro atoms. The maximum Gasteiger partial charge on any atom is 0.255 e. The van der Waals surface area contributed by atoms with Crippen LogP contribution in [0.1, 0.15) is 34.2 Å². The molecule has 0 saturated carbocycles. The summed E-state index contributed by atoms with van der Waals surface area (Å²) in [6, 6.07) is 17.2. The molecule has 7 heteroatoms. The molecule has 2 aromatic carbocycles. The van der Waals surface area contributed by atoms with Crippen molar-refractivity contribution in [3.63, 3.8) is 0 Å². The van der Waals surface area contributed by atoms with Crippen LogP contribution < -0.4 is 10.1 Å². The number of rotatable bonds is 6. The molecule has 0 bridgehead atoms. The quantitative estimate of drug-likeness (QED) is 0.532. The summed E-state index contributed by atoms with van der Waals surface area (Å²) < 4.78 is 7.21. The third kappa shape index (κ3) is 3.87. The van der Waals surface area contributed by atoms with Crippen LogP contribution in [0.3, 0.4) is 0 Å². The molecule has 0 fully saturated rings. The lowest BCUT2D eigenvalue weighted by molar-refractivity contribution is 0.0946. The van der Waals surface area contributed by atoms with E-state index in [1.807, 2.05) is 31.2 Å². The van der Waals surface area contributed by atoms with E-state index in [1.54, 1.807) is 22.7 Å². The minimum atomic E-state index is -0.235. The zero-order chi connectivity index (χ0) is 21.1. The fraction of sp³-hybridized carbons (Fsp3) is 0.217. The molecule has 2 aromatic heterocycles. The Morgan fingerprint density at radius 2 is 1.87 bits per heavy atom. The molecule has 0 unspecified atom stereocenters. The number of hydrogen-bond donors (Lipinski definition) is 1. The minimum absolute atomic E-state index is 0.198. The highest BCUT2D eigenvalue weighted by atomic mass is 16.5. The molecule has 0 aliphatic carbocycles. The maximum atomic E-state index is 12.7. The minimum Gasteiger partial charge on any atom is -0.493 e. The molecule has 4 aromatic rings. The average Bonchev–Trinajstić information content (AvgIpc) is 3.17. The van der Waals surface area contributed by atoms with E-state index in [9.17, 15) is 4.79 Å². The first-order valence-electron chi connectivity index (χ1n) is 9.86. The summed E-state index contributed by atoms with van der Waals surface area (Å²) >= 11 is 0. The molecule has 4 rings (SSSR count). The van der Waals surface area contributed by atoms with E-state index in [-0.39, 0.29) is 12.5 Å². The van der Waals surface area contributed by atoms with Crippen LogP contribution in [0.2, 0.25) is 0 Å². The Labute approximate surface area is 174 Å². The van der Waals surface area contributed by atoms with Gasteiger partial charge in [0.2, 0.25) is 0 Å². The van der Waals surface area contributed by atoms with Gasteiger partial charge in [0.25, 0.3) is 5.91 Å². The predicted octanol–water partition coefficient (Wildman–Crippen LogP) is 3.74. The van der Waals surface area contributed by atoms with Gasteiger partial charge in [0, 0.05) is 5.56 Å². The van der Waals surface area contributed by atoms with Crippen molar-refractivity contribution < 1.29 is 9.53 Å². The van der Waals surface area contributed by atoms with Gasteiger partial charge in [-0.25, -0.2) is 0 Å². The van der Waals surface area contributed by atoms with Crippen molar-refractivity contribution in [1.82, 2.24) is 25.1 Å². The molecule has 2 heterocycles. The number of fused-ring (bicyclic) bond motifs is 1. The Balaban J connectivity index is 1.58. The largest absolute Gasteiger partial charge is 0.493 e. The van der Waals surface area contributed by atoms with Crippen molar-refractivity contribution in [2.24, 2.45) is 0 Å². The number of nitrogens with one attached hydrogen (secondary N) is 1. The number of carbonyl (C=O) groups is 1. The van der Waals surface area contributed by atoms with Gasteiger partial charge in [-0.05, 0) is 62.2 Å². The number of aromatic nitrogens is 4. The highest BCUT2D eigenvalue weighted by Crippen LogP contribution is 2.21. The van der Waals surface area contributed by atoms with Crippen LogP contribution >= 0.6 is 0 Å². The van der Waals surface area contributed by atoms with E-state index in [4.69, 9.17) is 4.74 Å². The molecular formula is C23H23N5O2. The monoisotopic (exact) mass is 401 g/mol. The second kappa shape index (κ2) is 8.32. The standard InChI is InChI=1S/C23H23N5O2/c1-4-30-20-8-6-5-7-18(20)23(29)24-14-22-26-25-21-12-11-19(27-28(21)22)17-10-9-15(2)16(3)13-17/h5-13H,4,14H2,1-3H3,(H,24,29). The van der Waals surface area contributed by atoms with Gasteiger partial charge >= 0.3 is 0 Å². The van der Waals surface area contributed by atoms with Crippen LogP contribution in [0.5, 0.6) is 5.75 Å². The third-order valence-corrected chi connectivity index (χ3v) is 4.97. The number of benzene rings is 2. The molecular weight excluding hydrogens is 378 g/mol. The average molecular weight is 401 g/mol. The number of aryl methyl sites for hydroxylation is 2.